The number of aryl methyl sites for hydroxylation is 2. The minimum absolute atomic E-state index is 0.688. The molecule has 1 heterocycles. The van der Waals surface area contributed by atoms with Crippen molar-refractivity contribution in [1.82, 2.24) is 14.8 Å². The molecule has 0 amide bonds. The molecule has 0 spiro atoms. The molecule has 84 valence electrons. The molecule has 0 saturated heterocycles. The second-order valence-electron chi connectivity index (χ2n) is 3.73. The zero-order valence-corrected chi connectivity index (χ0v) is 9.43. The van der Waals surface area contributed by atoms with Crippen molar-refractivity contribution in [1.29, 1.82) is 0 Å². The van der Waals surface area contributed by atoms with Crippen LogP contribution in [-0.2, 0) is 13.5 Å². The molecule has 1 aromatic heterocycles. The first-order valence-electron chi connectivity index (χ1n) is 5.46. The monoisotopic (exact) mass is 216 g/mol. The Morgan fingerprint density at radius 1 is 1.25 bits per heavy atom. The molecule has 1 aromatic carbocycles. The molecule has 0 aliphatic heterocycles. The van der Waals surface area contributed by atoms with Gasteiger partial charge in [0.25, 0.3) is 0 Å². The lowest BCUT2D eigenvalue weighted by Gasteiger charge is -1.96. The minimum Gasteiger partial charge on any atom is -0.330 e. The number of benzene rings is 1. The Labute approximate surface area is 95.1 Å². The largest absolute Gasteiger partial charge is 0.330 e. The topological polar surface area (TPSA) is 56.7 Å². The number of nitrogens with zero attached hydrogens (tertiary/aromatic N) is 3. The summed E-state index contributed by atoms with van der Waals surface area (Å²) in [6.07, 6.45) is 1.83. The third-order valence-corrected chi connectivity index (χ3v) is 2.49. The summed E-state index contributed by atoms with van der Waals surface area (Å²) in [4.78, 5) is 4.51. The summed E-state index contributed by atoms with van der Waals surface area (Å²) in [6, 6.07) is 10.0. The van der Waals surface area contributed by atoms with Gasteiger partial charge in [0.1, 0.15) is 5.82 Å². The summed E-state index contributed by atoms with van der Waals surface area (Å²) < 4.78 is 1.83. The fourth-order valence-corrected chi connectivity index (χ4v) is 1.60. The van der Waals surface area contributed by atoms with Crippen LogP contribution in [0.5, 0.6) is 0 Å². The molecular formula is C12H16N4. The molecule has 0 bridgehead atoms. The van der Waals surface area contributed by atoms with E-state index in [1.54, 1.807) is 0 Å². The molecule has 0 aliphatic rings. The molecule has 0 aliphatic carbocycles. The van der Waals surface area contributed by atoms with Crippen molar-refractivity contribution in [3.8, 4) is 11.4 Å². The lowest BCUT2D eigenvalue weighted by molar-refractivity contribution is 0.675. The average Bonchev–Trinajstić information content (AvgIpc) is 2.69. The van der Waals surface area contributed by atoms with E-state index in [1.807, 2.05) is 42.1 Å². The Morgan fingerprint density at radius 3 is 2.69 bits per heavy atom. The van der Waals surface area contributed by atoms with E-state index < -0.39 is 0 Å². The van der Waals surface area contributed by atoms with Gasteiger partial charge in [-0.25, -0.2) is 4.98 Å². The zero-order chi connectivity index (χ0) is 11.4. The first-order valence-corrected chi connectivity index (χ1v) is 5.46. The van der Waals surface area contributed by atoms with Gasteiger partial charge in [-0.15, -0.1) is 0 Å². The van der Waals surface area contributed by atoms with Gasteiger partial charge in [0.2, 0.25) is 0 Å². The van der Waals surface area contributed by atoms with Gasteiger partial charge in [0.15, 0.2) is 5.82 Å². The number of hydrogen-bond acceptors (Lipinski definition) is 3. The Morgan fingerprint density at radius 2 is 2.00 bits per heavy atom. The van der Waals surface area contributed by atoms with E-state index in [0.717, 1.165) is 30.1 Å². The summed E-state index contributed by atoms with van der Waals surface area (Å²) >= 11 is 0. The fourth-order valence-electron chi connectivity index (χ4n) is 1.60. The van der Waals surface area contributed by atoms with Crippen LogP contribution in [0.2, 0.25) is 0 Å². The summed E-state index contributed by atoms with van der Waals surface area (Å²) in [5, 5.41) is 4.40. The molecule has 0 fully saturated rings. The first kappa shape index (κ1) is 10.8. The Hall–Kier alpha value is -1.68. The second-order valence-corrected chi connectivity index (χ2v) is 3.73. The molecule has 2 aromatic rings. The highest BCUT2D eigenvalue weighted by Crippen LogP contribution is 2.14. The number of hydrogen-bond donors (Lipinski definition) is 1. The van der Waals surface area contributed by atoms with E-state index in [2.05, 4.69) is 10.1 Å². The van der Waals surface area contributed by atoms with Gasteiger partial charge >= 0.3 is 0 Å². The first-order chi connectivity index (χ1) is 7.81. The maximum atomic E-state index is 5.49. The van der Waals surface area contributed by atoms with E-state index in [4.69, 9.17) is 5.73 Å². The standard InChI is InChI=1S/C12H16N4/c1-16-11(8-5-9-13)14-12(15-16)10-6-3-2-4-7-10/h2-4,6-7H,5,8-9,13H2,1H3. The van der Waals surface area contributed by atoms with Crippen LogP contribution in [0, 0.1) is 0 Å². The highest BCUT2D eigenvalue weighted by molar-refractivity contribution is 5.53. The maximum Gasteiger partial charge on any atom is 0.181 e. The van der Waals surface area contributed by atoms with Gasteiger partial charge in [-0.05, 0) is 13.0 Å². The van der Waals surface area contributed by atoms with E-state index in [-0.39, 0.29) is 0 Å². The van der Waals surface area contributed by atoms with Crippen LogP contribution in [0.15, 0.2) is 30.3 Å². The quantitative estimate of drug-likeness (QED) is 0.839. The van der Waals surface area contributed by atoms with Crippen molar-refractivity contribution in [3.05, 3.63) is 36.2 Å². The molecule has 0 radical (unpaired) electrons. The van der Waals surface area contributed by atoms with Gasteiger partial charge in [0, 0.05) is 19.0 Å². The lowest BCUT2D eigenvalue weighted by Crippen LogP contribution is -2.04. The molecule has 4 nitrogen and oxygen atoms in total. The highest BCUT2D eigenvalue weighted by Gasteiger charge is 2.07. The third-order valence-electron chi connectivity index (χ3n) is 2.49. The lowest BCUT2D eigenvalue weighted by atomic mass is 10.2. The van der Waals surface area contributed by atoms with E-state index in [1.165, 1.54) is 0 Å². The predicted octanol–water partition coefficient (Wildman–Crippen LogP) is 1.37. The molecule has 16 heavy (non-hydrogen) atoms. The molecule has 0 unspecified atom stereocenters. The van der Waals surface area contributed by atoms with Crippen LogP contribution in [0.3, 0.4) is 0 Å². The Kier molecular flexibility index (Phi) is 3.31. The van der Waals surface area contributed by atoms with Crippen molar-refractivity contribution >= 4 is 0 Å². The van der Waals surface area contributed by atoms with Crippen molar-refractivity contribution < 1.29 is 0 Å². The number of nitrogens with two attached hydrogens (primary N) is 1. The predicted molar refractivity (Wildman–Crippen MR) is 63.8 cm³/mol. The van der Waals surface area contributed by atoms with Crippen molar-refractivity contribution in [3.63, 3.8) is 0 Å². The van der Waals surface area contributed by atoms with Gasteiger partial charge in [-0.2, -0.15) is 5.10 Å². The van der Waals surface area contributed by atoms with Crippen LogP contribution in [0.1, 0.15) is 12.2 Å². The summed E-state index contributed by atoms with van der Waals surface area (Å²) in [7, 11) is 1.92. The van der Waals surface area contributed by atoms with Crippen LogP contribution in [0.25, 0.3) is 11.4 Å². The average molecular weight is 216 g/mol. The fraction of sp³-hybridized carbons (Fsp3) is 0.333. The van der Waals surface area contributed by atoms with Gasteiger partial charge in [-0.3, -0.25) is 4.68 Å². The van der Waals surface area contributed by atoms with Crippen LogP contribution in [-0.4, -0.2) is 21.3 Å². The second kappa shape index (κ2) is 4.90. The molecule has 0 atom stereocenters. The number of rotatable bonds is 4. The Balaban J connectivity index is 2.24. The zero-order valence-electron chi connectivity index (χ0n) is 9.43. The van der Waals surface area contributed by atoms with Crippen LogP contribution >= 0.6 is 0 Å². The van der Waals surface area contributed by atoms with Crippen molar-refractivity contribution in [2.45, 2.75) is 12.8 Å². The van der Waals surface area contributed by atoms with E-state index in [9.17, 15) is 0 Å². The summed E-state index contributed by atoms with van der Waals surface area (Å²) in [5.74, 6) is 1.78. The molecule has 2 N–H and O–H groups in total. The van der Waals surface area contributed by atoms with Crippen LogP contribution in [0.4, 0.5) is 0 Å². The SMILES string of the molecule is Cn1nc(-c2ccccc2)nc1CCCN. The molecule has 0 saturated carbocycles. The summed E-state index contributed by atoms with van der Waals surface area (Å²) in [6.45, 7) is 0.688. The molecule has 2 rings (SSSR count). The van der Waals surface area contributed by atoms with Gasteiger partial charge in [0.05, 0.1) is 0 Å². The van der Waals surface area contributed by atoms with Gasteiger partial charge in [-0.1, -0.05) is 30.3 Å². The third kappa shape index (κ3) is 2.28. The van der Waals surface area contributed by atoms with Crippen LogP contribution < -0.4 is 5.73 Å². The minimum atomic E-state index is 0.688. The van der Waals surface area contributed by atoms with Crippen molar-refractivity contribution in [2.24, 2.45) is 12.8 Å². The summed E-state index contributed by atoms with van der Waals surface area (Å²) in [5.41, 5.74) is 6.54. The molecular weight excluding hydrogens is 200 g/mol. The van der Waals surface area contributed by atoms with E-state index >= 15 is 0 Å². The van der Waals surface area contributed by atoms with Crippen molar-refractivity contribution in [2.75, 3.05) is 6.54 Å². The normalized spacial score (nSPS) is 10.6. The smallest absolute Gasteiger partial charge is 0.181 e. The Bertz CT molecular complexity index is 447. The highest BCUT2D eigenvalue weighted by atomic mass is 15.3. The maximum absolute atomic E-state index is 5.49. The van der Waals surface area contributed by atoms with E-state index in [0.29, 0.717) is 6.54 Å². The molecule has 4 heteroatoms. The number of aromatic nitrogens is 3. The van der Waals surface area contributed by atoms with Gasteiger partial charge < -0.3 is 5.73 Å².